The second-order valence-corrected chi connectivity index (χ2v) is 9.20. The van der Waals surface area contributed by atoms with Gasteiger partial charge in [-0.1, -0.05) is 44.2 Å². The van der Waals surface area contributed by atoms with Gasteiger partial charge in [-0.3, -0.25) is 4.99 Å². The highest BCUT2D eigenvalue weighted by Gasteiger charge is 2.23. The van der Waals surface area contributed by atoms with Crippen molar-refractivity contribution in [3.05, 3.63) is 35.9 Å². The van der Waals surface area contributed by atoms with Gasteiger partial charge in [-0.05, 0) is 45.1 Å². The standard InChI is InChI=1S/C23H41N5.HI/c1-18(2)16-28-14-12-21(13-15-28)26-22(24-6)25-17-23(4,5)27-19(3)20-10-8-7-9-11-20;/h7-11,18-19,21,27H,12-17H2,1-6H3,(H2,24,25,26);1H. The van der Waals surface area contributed by atoms with Crippen LogP contribution in [0.1, 0.15) is 59.1 Å². The third-order valence-corrected chi connectivity index (χ3v) is 5.38. The first-order valence-corrected chi connectivity index (χ1v) is 10.8. The molecule has 0 radical (unpaired) electrons. The predicted octanol–water partition coefficient (Wildman–Crippen LogP) is 4.02. The van der Waals surface area contributed by atoms with E-state index in [0.717, 1.165) is 18.4 Å². The molecule has 1 atom stereocenters. The monoisotopic (exact) mass is 515 g/mol. The molecule has 1 heterocycles. The van der Waals surface area contributed by atoms with Crippen molar-refractivity contribution in [2.24, 2.45) is 10.9 Å². The van der Waals surface area contributed by atoms with Crippen molar-refractivity contribution in [2.45, 2.75) is 65.1 Å². The number of rotatable bonds is 8. The molecule has 1 fully saturated rings. The molecule has 1 aromatic rings. The Kier molecular flexibility index (Phi) is 11.5. The first-order valence-electron chi connectivity index (χ1n) is 10.8. The average Bonchev–Trinajstić information content (AvgIpc) is 2.66. The largest absolute Gasteiger partial charge is 0.355 e. The molecule has 1 aliphatic rings. The van der Waals surface area contributed by atoms with E-state index in [4.69, 9.17) is 0 Å². The maximum Gasteiger partial charge on any atom is 0.191 e. The SMILES string of the molecule is CN=C(NCC(C)(C)NC(C)c1ccccc1)NC1CCN(CC(C)C)CC1.I. The minimum absolute atomic E-state index is 0. The third-order valence-electron chi connectivity index (χ3n) is 5.38. The van der Waals surface area contributed by atoms with Crippen LogP contribution >= 0.6 is 24.0 Å². The quantitative estimate of drug-likeness (QED) is 0.278. The third kappa shape index (κ3) is 9.66. The summed E-state index contributed by atoms with van der Waals surface area (Å²) in [6.07, 6.45) is 2.36. The van der Waals surface area contributed by atoms with Crippen molar-refractivity contribution in [3.8, 4) is 0 Å². The van der Waals surface area contributed by atoms with E-state index in [2.05, 4.69) is 90.8 Å². The number of guanidine groups is 1. The molecule has 1 aliphatic heterocycles. The van der Waals surface area contributed by atoms with Gasteiger partial charge in [0.25, 0.3) is 0 Å². The number of hydrogen-bond donors (Lipinski definition) is 3. The first kappa shape index (κ1) is 26.2. The van der Waals surface area contributed by atoms with Crippen LogP contribution in [-0.4, -0.2) is 55.7 Å². The maximum atomic E-state index is 4.44. The Hall–Kier alpha value is -0.860. The summed E-state index contributed by atoms with van der Waals surface area (Å²) in [5, 5.41) is 10.9. The lowest BCUT2D eigenvalue weighted by Crippen LogP contribution is -2.54. The van der Waals surface area contributed by atoms with E-state index in [0.29, 0.717) is 12.1 Å². The minimum Gasteiger partial charge on any atom is -0.355 e. The molecule has 0 saturated carbocycles. The van der Waals surface area contributed by atoms with Gasteiger partial charge in [-0.25, -0.2) is 0 Å². The van der Waals surface area contributed by atoms with E-state index < -0.39 is 0 Å². The van der Waals surface area contributed by atoms with E-state index in [1.54, 1.807) is 0 Å². The van der Waals surface area contributed by atoms with Crippen LogP contribution in [0.2, 0.25) is 0 Å². The van der Waals surface area contributed by atoms with Crippen LogP contribution in [0.3, 0.4) is 0 Å². The zero-order valence-electron chi connectivity index (χ0n) is 19.2. The lowest BCUT2D eigenvalue weighted by molar-refractivity contribution is 0.186. The second-order valence-electron chi connectivity index (χ2n) is 9.20. The van der Waals surface area contributed by atoms with Gasteiger partial charge in [-0.15, -0.1) is 24.0 Å². The molecule has 1 saturated heterocycles. The number of nitrogens with one attached hydrogen (secondary N) is 3. The Morgan fingerprint density at radius 2 is 1.76 bits per heavy atom. The van der Waals surface area contributed by atoms with Crippen molar-refractivity contribution < 1.29 is 0 Å². The van der Waals surface area contributed by atoms with Crippen molar-refractivity contribution in [3.63, 3.8) is 0 Å². The predicted molar refractivity (Wildman–Crippen MR) is 136 cm³/mol. The first-order chi connectivity index (χ1) is 13.3. The summed E-state index contributed by atoms with van der Waals surface area (Å²) in [5.41, 5.74) is 1.26. The highest BCUT2D eigenvalue weighted by atomic mass is 127. The average molecular weight is 516 g/mol. The van der Waals surface area contributed by atoms with Crippen LogP contribution in [0.5, 0.6) is 0 Å². The van der Waals surface area contributed by atoms with Crippen LogP contribution in [0.4, 0.5) is 0 Å². The van der Waals surface area contributed by atoms with Gasteiger partial charge < -0.3 is 20.9 Å². The van der Waals surface area contributed by atoms with E-state index in [1.165, 1.54) is 38.0 Å². The number of likely N-dealkylation sites (tertiary alicyclic amines) is 1. The normalized spacial score (nSPS) is 17.7. The fraction of sp³-hybridized carbons (Fsp3) is 0.696. The Labute approximate surface area is 195 Å². The molecular weight excluding hydrogens is 473 g/mol. The highest BCUT2D eigenvalue weighted by Crippen LogP contribution is 2.16. The van der Waals surface area contributed by atoms with Crippen molar-refractivity contribution >= 4 is 29.9 Å². The molecule has 0 bridgehead atoms. The lowest BCUT2D eigenvalue weighted by Gasteiger charge is -2.35. The van der Waals surface area contributed by atoms with Gasteiger partial charge in [0, 0.05) is 50.8 Å². The van der Waals surface area contributed by atoms with Crippen LogP contribution < -0.4 is 16.0 Å². The molecule has 6 heteroatoms. The molecule has 0 aliphatic carbocycles. The van der Waals surface area contributed by atoms with E-state index in [-0.39, 0.29) is 29.5 Å². The number of halogens is 1. The molecular formula is C23H42IN5. The van der Waals surface area contributed by atoms with Crippen molar-refractivity contribution in [1.29, 1.82) is 0 Å². The number of benzene rings is 1. The molecule has 29 heavy (non-hydrogen) atoms. The number of nitrogens with zero attached hydrogens (tertiary/aromatic N) is 2. The molecule has 0 aromatic heterocycles. The Bertz CT molecular complexity index is 595. The van der Waals surface area contributed by atoms with Crippen molar-refractivity contribution in [1.82, 2.24) is 20.9 Å². The van der Waals surface area contributed by atoms with Crippen LogP contribution in [0.15, 0.2) is 35.3 Å². The summed E-state index contributed by atoms with van der Waals surface area (Å²) in [7, 11) is 1.86. The van der Waals surface area contributed by atoms with E-state index in [9.17, 15) is 0 Å². The fourth-order valence-electron chi connectivity index (χ4n) is 3.93. The zero-order valence-corrected chi connectivity index (χ0v) is 21.5. The smallest absolute Gasteiger partial charge is 0.191 e. The van der Waals surface area contributed by atoms with Gasteiger partial charge in [-0.2, -0.15) is 0 Å². The summed E-state index contributed by atoms with van der Waals surface area (Å²) in [6.45, 7) is 15.6. The van der Waals surface area contributed by atoms with Crippen molar-refractivity contribution in [2.75, 3.05) is 33.2 Å². The summed E-state index contributed by atoms with van der Waals surface area (Å²) >= 11 is 0. The molecule has 0 amide bonds. The molecule has 2 rings (SSSR count). The lowest BCUT2D eigenvalue weighted by atomic mass is 10.0. The molecule has 0 spiro atoms. The molecule has 1 unspecified atom stereocenters. The maximum absolute atomic E-state index is 4.44. The molecule has 5 nitrogen and oxygen atoms in total. The summed E-state index contributed by atoms with van der Waals surface area (Å²) in [5.74, 6) is 1.65. The molecule has 166 valence electrons. The van der Waals surface area contributed by atoms with E-state index >= 15 is 0 Å². The second kappa shape index (κ2) is 12.7. The Morgan fingerprint density at radius 1 is 1.14 bits per heavy atom. The fourth-order valence-corrected chi connectivity index (χ4v) is 3.93. The van der Waals surface area contributed by atoms with Gasteiger partial charge >= 0.3 is 0 Å². The van der Waals surface area contributed by atoms with Gasteiger partial charge in [0.1, 0.15) is 0 Å². The number of hydrogen-bond acceptors (Lipinski definition) is 3. The number of aliphatic imine (C=N–C) groups is 1. The molecule has 1 aromatic carbocycles. The van der Waals surface area contributed by atoms with Crippen LogP contribution in [0.25, 0.3) is 0 Å². The van der Waals surface area contributed by atoms with Gasteiger partial charge in [0.15, 0.2) is 5.96 Å². The van der Waals surface area contributed by atoms with Crippen LogP contribution in [0, 0.1) is 5.92 Å². The van der Waals surface area contributed by atoms with Gasteiger partial charge in [0.05, 0.1) is 0 Å². The minimum atomic E-state index is -0.0481. The highest BCUT2D eigenvalue weighted by molar-refractivity contribution is 14.0. The summed E-state index contributed by atoms with van der Waals surface area (Å²) < 4.78 is 0. The Morgan fingerprint density at radius 3 is 2.31 bits per heavy atom. The Balaban J connectivity index is 0.00000420. The summed E-state index contributed by atoms with van der Waals surface area (Å²) in [4.78, 5) is 7.02. The molecule has 3 N–H and O–H groups in total. The number of piperidine rings is 1. The topological polar surface area (TPSA) is 51.7 Å². The van der Waals surface area contributed by atoms with Crippen LogP contribution in [-0.2, 0) is 0 Å². The summed E-state index contributed by atoms with van der Waals surface area (Å²) in [6, 6.07) is 11.4. The zero-order chi connectivity index (χ0) is 20.6. The van der Waals surface area contributed by atoms with E-state index in [1.807, 2.05) is 7.05 Å². The van der Waals surface area contributed by atoms with Gasteiger partial charge in [0.2, 0.25) is 0 Å².